The maximum Gasteiger partial charge on any atom is 0.0519 e. The van der Waals surface area contributed by atoms with Gasteiger partial charge in [-0.3, -0.25) is 0 Å². The summed E-state index contributed by atoms with van der Waals surface area (Å²) in [4.78, 5) is 1.32. The van der Waals surface area contributed by atoms with Crippen LogP contribution in [0.4, 0.5) is 0 Å². The minimum atomic E-state index is -0.441. The van der Waals surface area contributed by atoms with Gasteiger partial charge in [-0.05, 0) is 17.9 Å². The molecule has 0 radical (unpaired) electrons. The Bertz CT molecular complexity index is 296. The predicted octanol–water partition coefficient (Wildman–Crippen LogP) is 2.17. The molecule has 98 valence electrons. The third-order valence-electron chi connectivity index (χ3n) is 3.00. The van der Waals surface area contributed by atoms with Crippen molar-refractivity contribution in [3.05, 3.63) is 22.4 Å². The lowest BCUT2D eigenvalue weighted by atomic mass is 9.92. The molecular weight excluding hydrogens is 234 g/mol. The smallest absolute Gasteiger partial charge is 0.0519 e. The lowest BCUT2D eigenvalue weighted by Gasteiger charge is -2.28. The highest BCUT2D eigenvalue weighted by atomic mass is 32.1. The molecule has 1 heterocycles. The summed E-state index contributed by atoms with van der Waals surface area (Å²) >= 11 is 1.75. The zero-order chi connectivity index (χ0) is 12.7. The molecule has 0 amide bonds. The molecule has 0 saturated heterocycles. The van der Waals surface area contributed by atoms with Crippen LogP contribution in [0.1, 0.15) is 37.6 Å². The largest absolute Gasteiger partial charge is 0.396 e. The van der Waals surface area contributed by atoms with Crippen LogP contribution < -0.4 is 5.32 Å². The predicted molar refractivity (Wildman–Crippen MR) is 72.2 cm³/mol. The number of hydrogen-bond donors (Lipinski definition) is 3. The second-order valence-electron chi connectivity index (χ2n) is 4.86. The van der Waals surface area contributed by atoms with Crippen LogP contribution >= 0.6 is 11.3 Å². The molecule has 4 heteroatoms. The molecule has 3 nitrogen and oxygen atoms in total. The first-order valence-corrected chi connectivity index (χ1v) is 7.01. The molecule has 17 heavy (non-hydrogen) atoms. The van der Waals surface area contributed by atoms with Crippen LogP contribution in [0.3, 0.4) is 0 Å². The third-order valence-corrected chi connectivity index (χ3v) is 3.99. The highest BCUT2D eigenvalue weighted by molar-refractivity contribution is 7.10. The average molecular weight is 257 g/mol. The molecule has 0 spiro atoms. The van der Waals surface area contributed by atoms with Gasteiger partial charge in [-0.1, -0.05) is 26.3 Å². The van der Waals surface area contributed by atoms with E-state index >= 15 is 0 Å². The van der Waals surface area contributed by atoms with E-state index in [2.05, 4.69) is 29.8 Å². The van der Waals surface area contributed by atoms with E-state index in [0.717, 1.165) is 12.8 Å². The lowest BCUT2D eigenvalue weighted by molar-refractivity contribution is 0.0670. The number of aliphatic hydroxyl groups is 2. The molecule has 0 aromatic carbocycles. The Balaban J connectivity index is 2.56. The van der Waals surface area contributed by atoms with Gasteiger partial charge in [-0.25, -0.2) is 0 Å². The molecule has 3 N–H and O–H groups in total. The zero-order valence-corrected chi connectivity index (χ0v) is 11.5. The molecule has 1 atom stereocenters. The third kappa shape index (κ3) is 4.39. The fraction of sp³-hybridized carbons (Fsp3) is 0.692. The highest BCUT2D eigenvalue weighted by Gasteiger charge is 2.24. The van der Waals surface area contributed by atoms with E-state index in [1.54, 1.807) is 11.3 Å². The molecule has 0 fully saturated rings. The first-order chi connectivity index (χ1) is 8.15. The minimum Gasteiger partial charge on any atom is -0.396 e. The van der Waals surface area contributed by atoms with Gasteiger partial charge in [-0.2, -0.15) is 0 Å². The second-order valence-corrected chi connectivity index (χ2v) is 5.84. The van der Waals surface area contributed by atoms with Gasteiger partial charge in [-0.15, -0.1) is 11.3 Å². The lowest BCUT2D eigenvalue weighted by Crippen LogP contribution is -2.39. The maximum atomic E-state index is 9.26. The van der Waals surface area contributed by atoms with Crippen molar-refractivity contribution in [2.75, 3.05) is 19.8 Å². The summed E-state index contributed by atoms with van der Waals surface area (Å²) in [7, 11) is 0. The molecule has 0 aliphatic heterocycles. The summed E-state index contributed by atoms with van der Waals surface area (Å²) in [6, 6.07) is 4.52. The van der Waals surface area contributed by atoms with Gasteiger partial charge < -0.3 is 15.5 Å². The van der Waals surface area contributed by atoms with Crippen LogP contribution in [-0.4, -0.2) is 30.0 Å². The van der Waals surface area contributed by atoms with Crippen LogP contribution in [0, 0.1) is 5.41 Å². The van der Waals surface area contributed by atoms with E-state index in [-0.39, 0.29) is 13.2 Å². The van der Waals surface area contributed by atoms with E-state index in [4.69, 9.17) is 0 Å². The standard InChI is InChI=1S/C13H23NO2S/c1-3-5-11(12-6-4-7-17-12)14-8-13(2,9-15)10-16/h4,6-7,11,14-16H,3,5,8-10H2,1-2H3. The van der Waals surface area contributed by atoms with Crippen LogP contribution in [0.2, 0.25) is 0 Å². The summed E-state index contributed by atoms with van der Waals surface area (Å²) in [6.07, 6.45) is 2.19. The molecule has 0 aliphatic rings. The summed E-state index contributed by atoms with van der Waals surface area (Å²) in [5.41, 5.74) is -0.441. The normalized spacial score (nSPS) is 13.9. The van der Waals surface area contributed by atoms with Gasteiger partial charge in [0, 0.05) is 22.9 Å². The molecule has 1 aromatic heterocycles. The van der Waals surface area contributed by atoms with Crippen LogP contribution in [0.25, 0.3) is 0 Å². The molecular formula is C13H23NO2S. The van der Waals surface area contributed by atoms with Gasteiger partial charge in [0.15, 0.2) is 0 Å². The first kappa shape index (κ1) is 14.6. The zero-order valence-electron chi connectivity index (χ0n) is 10.6. The fourth-order valence-electron chi connectivity index (χ4n) is 1.65. The van der Waals surface area contributed by atoms with E-state index in [1.807, 2.05) is 6.92 Å². The van der Waals surface area contributed by atoms with Crippen molar-refractivity contribution in [1.29, 1.82) is 0 Å². The van der Waals surface area contributed by atoms with Gasteiger partial charge in [0.05, 0.1) is 13.2 Å². The van der Waals surface area contributed by atoms with Gasteiger partial charge >= 0.3 is 0 Å². The Morgan fingerprint density at radius 1 is 1.41 bits per heavy atom. The van der Waals surface area contributed by atoms with Crippen molar-refractivity contribution in [2.45, 2.75) is 32.7 Å². The summed E-state index contributed by atoms with van der Waals surface area (Å²) in [6.45, 7) is 4.68. The Morgan fingerprint density at radius 2 is 2.12 bits per heavy atom. The summed E-state index contributed by atoms with van der Waals surface area (Å²) < 4.78 is 0. The van der Waals surface area contributed by atoms with Crippen LogP contribution in [-0.2, 0) is 0 Å². The number of hydrogen-bond acceptors (Lipinski definition) is 4. The molecule has 1 aromatic rings. The molecule has 1 unspecified atom stereocenters. The highest BCUT2D eigenvalue weighted by Crippen LogP contribution is 2.24. The van der Waals surface area contributed by atoms with E-state index in [0.29, 0.717) is 12.6 Å². The summed E-state index contributed by atoms with van der Waals surface area (Å²) in [5.74, 6) is 0. The Kier molecular flexibility index (Phi) is 6.12. The van der Waals surface area contributed by atoms with Gasteiger partial charge in [0.25, 0.3) is 0 Å². The number of rotatable bonds is 8. The molecule has 0 bridgehead atoms. The van der Waals surface area contributed by atoms with Crippen molar-refractivity contribution < 1.29 is 10.2 Å². The van der Waals surface area contributed by atoms with E-state index in [9.17, 15) is 10.2 Å². The average Bonchev–Trinajstić information content (AvgIpc) is 2.87. The Hall–Kier alpha value is -0.420. The maximum absolute atomic E-state index is 9.26. The van der Waals surface area contributed by atoms with Crippen molar-refractivity contribution in [1.82, 2.24) is 5.32 Å². The van der Waals surface area contributed by atoms with Crippen LogP contribution in [0.15, 0.2) is 17.5 Å². The van der Waals surface area contributed by atoms with Crippen molar-refractivity contribution in [3.63, 3.8) is 0 Å². The van der Waals surface area contributed by atoms with Crippen molar-refractivity contribution in [3.8, 4) is 0 Å². The van der Waals surface area contributed by atoms with E-state index in [1.165, 1.54) is 4.88 Å². The van der Waals surface area contributed by atoms with Gasteiger partial charge in [0.1, 0.15) is 0 Å². The topological polar surface area (TPSA) is 52.5 Å². The minimum absolute atomic E-state index is 0.000213. The Morgan fingerprint density at radius 3 is 2.59 bits per heavy atom. The van der Waals surface area contributed by atoms with Gasteiger partial charge in [0.2, 0.25) is 0 Å². The number of aliphatic hydroxyl groups excluding tert-OH is 2. The fourth-order valence-corrected chi connectivity index (χ4v) is 2.49. The molecule has 1 rings (SSSR count). The molecule has 0 saturated carbocycles. The van der Waals surface area contributed by atoms with Crippen molar-refractivity contribution in [2.24, 2.45) is 5.41 Å². The monoisotopic (exact) mass is 257 g/mol. The summed E-state index contributed by atoms with van der Waals surface area (Å²) in [5, 5.41) is 24.1. The Labute approximate surface area is 107 Å². The second kappa shape index (κ2) is 7.11. The number of thiophene rings is 1. The number of nitrogens with one attached hydrogen (secondary N) is 1. The SMILES string of the molecule is CCCC(NCC(C)(CO)CO)c1cccs1. The van der Waals surface area contributed by atoms with Crippen LogP contribution in [0.5, 0.6) is 0 Å². The molecule has 0 aliphatic carbocycles. The quantitative estimate of drug-likeness (QED) is 0.669. The van der Waals surface area contributed by atoms with E-state index < -0.39 is 5.41 Å². The van der Waals surface area contributed by atoms with Crippen molar-refractivity contribution >= 4 is 11.3 Å². The first-order valence-electron chi connectivity index (χ1n) is 6.13.